The lowest BCUT2D eigenvalue weighted by atomic mass is 9.92. The first-order chi connectivity index (χ1) is 9.58. The zero-order valence-electron chi connectivity index (χ0n) is 11.8. The van der Waals surface area contributed by atoms with Gasteiger partial charge < -0.3 is 11.1 Å². The molecule has 1 aromatic carbocycles. The number of piperidine rings is 1. The van der Waals surface area contributed by atoms with Crippen molar-refractivity contribution in [2.45, 2.75) is 25.8 Å². The summed E-state index contributed by atoms with van der Waals surface area (Å²) in [7, 11) is 0. The Morgan fingerprint density at radius 2 is 2.35 bits per heavy atom. The van der Waals surface area contributed by atoms with E-state index in [0.717, 1.165) is 28.6 Å². The molecule has 1 saturated heterocycles. The van der Waals surface area contributed by atoms with Gasteiger partial charge in [-0.1, -0.05) is 13.0 Å². The predicted molar refractivity (Wildman–Crippen MR) is 90.6 cm³/mol. The number of carbonyl (C=O) groups excluding carboxylic acids is 1. The second kappa shape index (κ2) is 7.38. The fourth-order valence-corrected chi connectivity index (χ4v) is 3.25. The van der Waals surface area contributed by atoms with Gasteiger partial charge in [0, 0.05) is 21.8 Å². The van der Waals surface area contributed by atoms with Crippen molar-refractivity contribution in [3.63, 3.8) is 0 Å². The molecule has 20 heavy (non-hydrogen) atoms. The van der Waals surface area contributed by atoms with E-state index in [1.807, 2.05) is 24.3 Å². The average Bonchev–Trinajstić information content (AvgIpc) is 2.40. The predicted octanol–water partition coefficient (Wildman–Crippen LogP) is 2.29. The van der Waals surface area contributed by atoms with Gasteiger partial charge in [-0.05, 0) is 66.1 Å². The van der Waals surface area contributed by atoms with E-state index >= 15 is 0 Å². The first kappa shape index (κ1) is 15.7. The number of nitrogens with two attached hydrogens (primary N) is 1. The Bertz CT molecular complexity index is 466. The molecular formula is C15H22IN3O. The zero-order valence-corrected chi connectivity index (χ0v) is 14.0. The van der Waals surface area contributed by atoms with Gasteiger partial charge in [0.05, 0.1) is 6.54 Å². The maximum atomic E-state index is 12.1. The SMILES string of the molecule is CC1CCN(CC(=O)Nc2cccc(I)c2)C(CN)C1. The molecule has 1 heterocycles. The molecule has 0 radical (unpaired) electrons. The summed E-state index contributed by atoms with van der Waals surface area (Å²) in [5, 5.41) is 2.96. The summed E-state index contributed by atoms with van der Waals surface area (Å²) in [6.07, 6.45) is 2.24. The standard InChI is InChI=1S/C15H22IN3O/c1-11-5-6-19(14(7-11)9-17)10-15(20)18-13-4-2-3-12(16)8-13/h2-4,8,11,14H,5-7,9-10,17H2,1H3,(H,18,20). The summed E-state index contributed by atoms with van der Waals surface area (Å²) in [5.41, 5.74) is 6.69. The largest absolute Gasteiger partial charge is 0.329 e. The maximum Gasteiger partial charge on any atom is 0.238 e. The lowest BCUT2D eigenvalue weighted by Gasteiger charge is -2.37. The fraction of sp³-hybridized carbons (Fsp3) is 0.533. The van der Waals surface area contributed by atoms with Crippen molar-refractivity contribution < 1.29 is 4.79 Å². The number of carbonyl (C=O) groups is 1. The number of rotatable bonds is 4. The molecule has 110 valence electrons. The highest BCUT2D eigenvalue weighted by atomic mass is 127. The Morgan fingerprint density at radius 3 is 3.05 bits per heavy atom. The van der Waals surface area contributed by atoms with Crippen LogP contribution in [0.3, 0.4) is 0 Å². The van der Waals surface area contributed by atoms with Crippen LogP contribution in [0.1, 0.15) is 19.8 Å². The van der Waals surface area contributed by atoms with Crippen molar-refractivity contribution in [3.05, 3.63) is 27.8 Å². The number of benzene rings is 1. The average molecular weight is 387 g/mol. The molecule has 0 bridgehead atoms. The third-order valence-electron chi connectivity index (χ3n) is 3.83. The van der Waals surface area contributed by atoms with Gasteiger partial charge in [-0.25, -0.2) is 0 Å². The molecule has 1 aromatic rings. The molecule has 0 saturated carbocycles. The minimum Gasteiger partial charge on any atom is -0.329 e. The van der Waals surface area contributed by atoms with E-state index in [9.17, 15) is 4.79 Å². The molecule has 0 aliphatic carbocycles. The minimum atomic E-state index is 0.0417. The summed E-state index contributed by atoms with van der Waals surface area (Å²) in [6, 6.07) is 8.17. The first-order valence-corrected chi connectivity index (χ1v) is 8.16. The fourth-order valence-electron chi connectivity index (χ4n) is 2.70. The second-order valence-electron chi connectivity index (χ2n) is 5.55. The van der Waals surface area contributed by atoms with Crippen LogP contribution in [-0.2, 0) is 4.79 Å². The van der Waals surface area contributed by atoms with E-state index < -0.39 is 0 Å². The van der Waals surface area contributed by atoms with Crippen molar-refractivity contribution in [1.82, 2.24) is 4.90 Å². The van der Waals surface area contributed by atoms with Crippen LogP contribution in [-0.4, -0.2) is 36.5 Å². The van der Waals surface area contributed by atoms with Gasteiger partial charge in [0.15, 0.2) is 0 Å². The molecule has 2 atom stereocenters. The Kier molecular flexibility index (Phi) is 5.80. The van der Waals surface area contributed by atoms with E-state index in [2.05, 4.69) is 39.7 Å². The summed E-state index contributed by atoms with van der Waals surface area (Å²) >= 11 is 2.24. The number of nitrogens with zero attached hydrogens (tertiary/aromatic N) is 1. The highest BCUT2D eigenvalue weighted by molar-refractivity contribution is 14.1. The molecule has 3 N–H and O–H groups in total. The van der Waals surface area contributed by atoms with Gasteiger partial charge in [-0.15, -0.1) is 0 Å². The Morgan fingerprint density at radius 1 is 1.55 bits per heavy atom. The number of hydrogen-bond donors (Lipinski definition) is 2. The molecule has 1 amide bonds. The van der Waals surface area contributed by atoms with Crippen molar-refractivity contribution in [1.29, 1.82) is 0 Å². The van der Waals surface area contributed by atoms with Crippen LogP contribution in [0.15, 0.2) is 24.3 Å². The van der Waals surface area contributed by atoms with Crippen LogP contribution in [0.4, 0.5) is 5.69 Å². The first-order valence-electron chi connectivity index (χ1n) is 7.08. The number of amides is 1. The summed E-state index contributed by atoms with van der Waals surface area (Å²) in [5.74, 6) is 0.749. The van der Waals surface area contributed by atoms with Crippen LogP contribution in [0.5, 0.6) is 0 Å². The lowest BCUT2D eigenvalue weighted by molar-refractivity contribution is -0.118. The topological polar surface area (TPSA) is 58.4 Å². The molecule has 1 fully saturated rings. The van der Waals surface area contributed by atoms with Gasteiger partial charge in [-0.2, -0.15) is 0 Å². The highest BCUT2D eigenvalue weighted by Crippen LogP contribution is 2.21. The third-order valence-corrected chi connectivity index (χ3v) is 4.50. The van der Waals surface area contributed by atoms with Crippen LogP contribution >= 0.6 is 22.6 Å². The molecule has 1 aliphatic rings. The minimum absolute atomic E-state index is 0.0417. The molecule has 2 rings (SSSR count). The summed E-state index contributed by atoms with van der Waals surface area (Å²) in [6.45, 7) is 4.27. The van der Waals surface area contributed by atoms with Crippen LogP contribution in [0.2, 0.25) is 0 Å². The van der Waals surface area contributed by atoms with Crippen molar-refractivity contribution in [3.8, 4) is 0 Å². The number of likely N-dealkylation sites (tertiary alicyclic amines) is 1. The van der Waals surface area contributed by atoms with Gasteiger partial charge in [0.1, 0.15) is 0 Å². The Labute approximate surface area is 134 Å². The van der Waals surface area contributed by atoms with Crippen molar-refractivity contribution >= 4 is 34.2 Å². The molecule has 2 unspecified atom stereocenters. The van der Waals surface area contributed by atoms with E-state index in [-0.39, 0.29) is 5.91 Å². The second-order valence-corrected chi connectivity index (χ2v) is 6.79. The van der Waals surface area contributed by atoms with Crippen LogP contribution < -0.4 is 11.1 Å². The van der Waals surface area contributed by atoms with Gasteiger partial charge in [0.25, 0.3) is 0 Å². The smallest absolute Gasteiger partial charge is 0.238 e. The van der Waals surface area contributed by atoms with E-state index in [1.54, 1.807) is 0 Å². The van der Waals surface area contributed by atoms with E-state index in [1.165, 1.54) is 0 Å². The van der Waals surface area contributed by atoms with Crippen LogP contribution in [0, 0.1) is 9.49 Å². The molecule has 4 nitrogen and oxygen atoms in total. The molecule has 0 aromatic heterocycles. The maximum absolute atomic E-state index is 12.1. The molecule has 1 aliphatic heterocycles. The number of hydrogen-bond acceptors (Lipinski definition) is 3. The Balaban J connectivity index is 1.90. The number of nitrogens with one attached hydrogen (secondary N) is 1. The normalized spacial score (nSPS) is 23.6. The zero-order chi connectivity index (χ0) is 14.5. The lowest BCUT2D eigenvalue weighted by Crippen LogP contribution is -2.49. The van der Waals surface area contributed by atoms with Gasteiger partial charge >= 0.3 is 0 Å². The summed E-state index contributed by atoms with van der Waals surface area (Å²) in [4.78, 5) is 14.4. The van der Waals surface area contributed by atoms with Crippen molar-refractivity contribution in [2.24, 2.45) is 11.7 Å². The summed E-state index contributed by atoms with van der Waals surface area (Å²) < 4.78 is 1.12. The number of anilines is 1. The molecule has 5 heteroatoms. The van der Waals surface area contributed by atoms with Crippen molar-refractivity contribution in [2.75, 3.05) is 25.0 Å². The van der Waals surface area contributed by atoms with Crippen LogP contribution in [0.25, 0.3) is 0 Å². The van der Waals surface area contributed by atoms with E-state index in [0.29, 0.717) is 25.0 Å². The van der Waals surface area contributed by atoms with Gasteiger partial charge in [-0.3, -0.25) is 9.69 Å². The molecule has 0 spiro atoms. The Hall–Kier alpha value is -0.660. The van der Waals surface area contributed by atoms with E-state index in [4.69, 9.17) is 5.73 Å². The number of halogens is 1. The monoisotopic (exact) mass is 387 g/mol. The third kappa shape index (κ3) is 4.43. The quantitative estimate of drug-likeness (QED) is 0.780. The van der Waals surface area contributed by atoms with Gasteiger partial charge in [0.2, 0.25) is 5.91 Å². The highest BCUT2D eigenvalue weighted by Gasteiger charge is 2.26. The molecular weight excluding hydrogens is 365 g/mol.